The van der Waals surface area contributed by atoms with Gasteiger partial charge < -0.3 is 13.9 Å². The van der Waals surface area contributed by atoms with Crippen LogP contribution < -0.4 is 0 Å². The van der Waals surface area contributed by atoms with E-state index in [-0.39, 0.29) is 10.8 Å². The van der Waals surface area contributed by atoms with Crippen LogP contribution in [0.1, 0.15) is 20.3 Å². The third kappa shape index (κ3) is 1.11. The Kier molecular flexibility index (Phi) is 1.56. The lowest BCUT2D eigenvalue weighted by molar-refractivity contribution is 0.203. The van der Waals surface area contributed by atoms with Crippen molar-refractivity contribution < 1.29 is 13.9 Å². The van der Waals surface area contributed by atoms with Gasteiger partial charge in [0.05, 0.1) is 13.2 Å². The Balaban J connectivity index is 2.08. The molecule has 2 unspecified atom stereocenters. The molecule has 64 valence electrons. The molecule has 3 nitrogen and oxygen atoms in total. The monoisotopic (exact) mass is 176 g/mol. The van der Waals surface area contributed by atoms with Crippen LogP contribution in [0, 0.1) is 10.8 Å². The second-order valence-electron chi connectivity index (χ2n) is 4.08. The summed E-state index contributed by atoms with van der Waals surface area (Å²) in [6.07, 6.45) is 1.16. The second-order valence-corrected chi connectivity index (χ2v) is 5.07. The van der Waals surface area contributed by atoms with Gasteiger partial charge in [-0.1, -0.05) is 13.8 Å². The quantitative estimate of drug-likeness (QED) is 0.570. The molecule has 11 heavy (non-hydrogen) atoms. The van der Waals surface area contributed by atoms with Crippen molar-refractivity contribution in [2.24, 2.45) is 10.8 Å². The van der Waals surface area contributed by atoms with Crippen molar-refractivity contribution in [1.29, 1.82) is 0 Å². The Bertz CT molecular complexity index is 169. The lowest BCUT2D eigenvalue weighted by atomic mass is 9.98. The number of fused-ring (bicyclic) bond motifs is 1. The predicted octanol–water partition coefficient (Wildman–Crippen LogP) is 1.67. The van der Waals surface area contributed by atoms with Crippen molar-refractivity contribution in [3.05, 3.63) is 0 Å². The van der Waals surface area contributed by atoms with E-state index in [1.807, 2.05) is 0 Å². The average Bonchev–Trinajstić information content (AvgIpc) is 2.49. The van der Waals surface area contributed by atoms with Gasteiger partial charge in [-0.05, 0) is 17.3 Å². The molecule has 0 radical (unpaired) electrons. The fourth-order valence-corrected chi connectivity index (χ4v) is 2.57. The molecule has 0 spiro atoms. The van der Waals surface area contributed by atoms with Crippen LogP contribution in [0.4, 0.5) is 0 Å². The van der Waals surface area contributed by atoms with Gasteiger partial charge in [0, 0.05) is 0 Å². The topological polar surface area (TPSA) is 38.7 Å². The Morgan fingerprint density at radius 2 is 1.64 bits per heavy atom. The van der Waals surface area contributed by atoms with E-state index >= 15 is 0 Å². The molecule has 0 amide bonds. The molecule has 1 saturated heterocycles. The van der Waals surface area contributed by atoms with Crippen LogP contribution in [-0.4, -0.2) is 18.1 Å². The first kappa shape index (κ1) is 7.93. The Labute approximate surface area is 67.7 Å². The predicted molar refractivity (Wildman–Crippen MR) is 41.9 cm³/mol. The maximum atomic E-state index is 9.08. The Hall–Kier alpha value is 0.310. The van der Waals surface area contributed by atoms with E-state index in [1.54, 1.807) is 0 Å². The van der Waals surface area contributed by atoms with Gasteiger partial charge in [-0.2, -0.15) is 0 Å². The molecule has 1 aliphatic carbocycles. The van der Waals surface area contributed by atoms with Crippen LogP contribution in [-0.2, 0) is 9.05 Å². The first-order valence-electron chi connectivity index (χ1n) is 3.81. The smallest absolute Gasteiger partial charge is 0.328 e. The van der Waals surface area contributed by atoms with Crippen LogP contribution in [0.2, 0.25) is 0 Å². The molecule has 2 aliphatic rings. The fraction of sp³-hybridized carbons (Fsp3) is 1.00. The van der Waals surface area contributed by atoms with Crippen LogP contribution in [0.3, 0.4) is 0 Å². The third-order valence-electron chi connectivity index (χ3n) is 3.10. The van der Waals surface area contributed by atoms with E-state index < -0.39 is 8.60 Å². The summed E-state index contributed by atoms with van der Waals surface area (Å²) in [5, 5.41) is 0. The highest BCUT2D eigenvalue weighted by atomic mass is 31.2. The van der Waals surface area contributed by atoms with E-state index in [9.17, 15) is 0 Å². The second kappa shape index (κ2) is 2.17. The molecule has 2 rings (SSSR count). The fourth-order valence-electron chi connectivity index (χ4n) is 1.70. The van der Waals surface area contributed by atoms with Gasteiger partial charge in [-0.25, -0.2) is 0 Å². The standard InChI is InChI=1S/C7H13O3P/c1-6-3-7(6,2)5-10-11(8)9-4-6/h8H,3-5H2,1-2H3. The molecular weight excluding hydrogens is 163 g/mol. The van der Waals surface area contributed by atoms with Crippen molar-refractivity contribution in [2.45, 2.75) is 20.3 Å². The lowest BCUT2D eigenvalue weighted by Crippen LogP contribution is -2.13. The van der Waals surface area contributed by atoms with Crippen LogP contribution in [0.5, 0.6) is 0 Å². The molecule has 0 bridgehead atoms. The molecule has 1 heterocycles. The summed E-state index contributed by atoms with van der Waals surface area (Å²) in [7, 11) is -1.58. The zero-order chi connectivity index (χ0) is 8.11. The molecule has 0 aromatic carbocycles. The average molecular weight is 176 g/mol. The third-order valence-corrected chi connectivity index (χ3v) is 3.80. The summed E-state index contributed by atoms with van der Waals surface area (Å²) >= 11 is 0. The highest BCUT2D eigenvalue weighted by Gasteiger charge is 2.62. The first-order chi connectivity index (χ1) is 5.06. The van der Waals surface area contributed by atoms with Gasteiger partial charge >= 0.3 is 8.60 Å². The molecule has 0 aromatic rings. The number of hydrogen-bond acceptors (Lipinski definition) is 3. The molecule has 1 aliphatic heterocycles. The van der Waals surface area contributed by atoms with Gasteiger partial charge in [0.25, 0.3) is 0 Å². The Morgan fingerprint density at radius 1 is 1.18 bits per heavy atom. The maximum absolute atomic E-state index is 9.08. The molecule has 1 N–H and O–H groups in total. The highest BCUT2D eigenvalue weighted by molar-refractivity contribution is 7.40. The van der Waals surface area contributed by atoms with Crippen LogP contribution >= 0.6 is 8.60 Å². The summed E-state index contributed by atoms with van der Waals surface area (Å²) in [4.78, 5) is 9.08. The Morgan fingerprint density at radius 3 is 2.09 bits per heavy atom. The van der Waals surface area contributed by atoms with Gasteiger partial charge in [0.1, 0.15) is 0 Å². The van der Waals surface area contributed by atoms with Crippen LogP contribution in [0.25, 0.3) is 0 Å². The van der Waals surface area contributed by atoms with E-state index in [1.165, 1.54) is 0 Å². The summed E-state index contributed by atoms with van der Waals surface area (Å²) in [5.41, 5.74) is 0.514. The van der Waals surface area contributed by atoms with Gasteiger partial charge in [0.2, 0.25) is 0 Å². The maximum Gasteiger partial charge on any atom is 0.329 e. The summed E-state index contributed by atoms with van der Waals surface area (Å²) < 4.78 is 10.2. The molecule has 0 aromatic heterocycles. The van der Waals surface area contributed by atoms with E-state index in [0.29, 0.717) is 13.2 Å². The summed E-state index contributed by atoms with van der Waals surface area (Å²) in [6, 6.07) is 0. The summed E-state index contributed by atoms with van der Waals surface area (Å²) in [6.45, 7) is 5.66. The minimum Gasteiger partial charge on any atom is -0.328 e. The lowest BCUT2D eigenvalue weighted by Gasteiger charge is -2.11. The van der Waals surface area contributed by atoms with Crippen molar-refractivity contribution in [2.75, 3.05) is 13.2 Å². The summed E-state index contributed by atoms with van der Waals surface area (Å²) in [5.74, 6) is 0. The first-order valence-corrected chi connectivity index (χ1v) is 4.94. The largest absolute Gasteiger partial charge is 0.329 e. The SMILES string of the molecule is CC12COP(O)OCC1(C)C2. The molecule has 2 atom stereocenters. The zero-order valence-corrected chi connectivity index (χ0v) is 7.73. The van der Waals surface area contributed by atoms with Crippen molar-refractivity contribution in [3.63, 3.8) is 0 Å². The molecule has 2 fully saturated rings. The molecule has 4 heteroatoms. The molecular formula is C7H13O3P. The minimum atomic E-state index is -1.58. The minimum absolute atomic E-state index is 0.257. The zero-order valence-electron chi connectivity index (χ0n) is 6.83. The van der Waals surface area contributed by atoms with Gasteiger partial charge in [0.15, 0.2) is 0 Å². The van der Waals surface area contributed by atoms with Crippen molar-refractivity contribution in [1.82, 2.24) is 0 Å². The van der Waals surface area contributed by atoms with E-state index in [0.717, 1.165) is 6.42 Å². The highest BCUT2D eigenvalue weighted by Crippen LogP contribution is 2.67. The van der Waals surface area contributed by atoms with Gasteiger partial charge in [-0.3, -0.25) is 0 Å². The van der Waals surface area contributed by atoms with Crippen molar-refractivity contribution >= 4 is 8.60 Å². The number of rotatable bonds is 0. The van der Waals surface area contributed by atoms with Crippen molar-refractivity contribution in [3.8, 4) is 0 Å². The normalized spacial score (nSPS) is 56.5. The van der Waals surface area contributed by atoms with E-state index in [2.05, 4.69) is 13.8 Å². The van der Waals surface area contributed by atoms with Gasteiger partial charge in [-0.15, -0.1) is 0 Å². The van der Waals surface area contributed by atoms with Crippen LogP contribution in [0.15, 0.2) is 0 Å². The van der Waals surface area contributed by atoms with E-state index in [4.69, 9.17) is 13.9 Å². The molecule has 1 saturated carbocycles. The number of hydrogen-bond donors (Lipinski definition) is 1.